The standard InChI is InChI=1S/C14H18N2O3/c1-15(2)11-4-6-12(7-5-11)16-9-10(8-13(16)17)14(18)19-3/h4-7,10H,8-9H2,1-3H3/t10-/m1/s1. The van der Waals surface area contributed by atoms with Crippen molar-refractivity contribution in [2.45, 2.75) is 6.42 Å². The summed E-state index contributed by atoms with van der Waals surface area (Å²) in [6.07, 6.45) is 0.224. The molecule has 1 aromatic carbocycles. The number of anilines is 2. The number of hydrogen-bond donors (Lipinski definition) is 0. The van der Waals surface area contributed by atoms with Crippen molar-refractivity contribution in [1.82, 2.24) is 0 Å². The van der Waals surface area contributed by atoms with E-state index < -0.39 is 0 Å². The van der Waals surface area contributed by atoms with E-state index in [1.54, 1.807) is 4.90 Å². The number of rotatable bonds is 3. The van der Waals surface area contributed by atoms with Gasteiger partial charge >= 0.3 is 5.97 Å². The zero-order chi connectivity index (χ0) is 14.0. The first kappa shape index (κ1) is 13.4. The third kappa shape index (κ3) is 2.70. The maximum Gasteiger partial charge on any atom is 0.311 e. The monoisotopic (exact) mass is 262 g/mol. The van der Waals surface area contributed by atoms with E-state index in [0.717, 1.165) is 11.4 Å². The minimum Gasteiger partial charge on any atom is -0.469 e. The highest BCUT2D eigenvalue weighted by atomic mass is 16.5. The zero-order valence-corrected chi connectivity index (χ0v) is 11.4. The summed E-state index contributed by atoms with van der Waals surface area (Å²) in [6, 6.07) is 7.70. The molecule has 1 aliphatic heterocycles. The SMILES string of the molecule is COC(=O)[C@@H]1CC(=O)N(c2ccc(N(C)C)cc2)C1. The van der Waals surface area contributed by atoms with Gasteiger partial charge in [0.05, 0.1) is 13.0 Å². The molecule has 0 aliphatic carbocycles. The molecule has 102 valence electrons. The Bertz CT molecular complexity index is 482. The van der Waals surface area contributed by atoms with Crippen LogP contribution in [0.25, 0.3) is 0 Å². The number of ether oxygens (including phenoxy) is 1. The summed E-state index contributed by atoms with van der Waals surface area (Å²) < 4.78 is 4.69. The van der Waals surface area contributed by atoms with Crippen LogP contribution in [0.2, 0.25) is 0 Å². The Hall–Kier alpha value is -2.04. The van der Waals surface area contributed by atoms with Gasteiger partial charge in [-0.15, -0.1) is 0 Å². The second-order valence-corrected chi connectivity index (χ2v) is 4.84. The Morgan fingerprint density at radius 3 is 2.47 bits per heavy atom. The second kappa shape index (κ2) is 5.30. The van der Waals surface area contributed by atoms with Crippen molar-refractivity contribution in [1.29, 1.82) is 0 Å². The lowest BCUT2D eigenvalue weighted by atomic mass is 10.1. The fourth-order valence-electron chi connectivity index (χ4n) is 2.21. The van der Waals surface area contributed by atoms with Crippen molar-refractivity contribution in [2.24, 2.45) is 5.92 Å². The third-order valence-electron chi connectivity index (χ3n) is 3.34. The minimum atomic E-state index is -0.356. The molecule has 1 fully saturated rings. The summed E-state index contributed by atoms with van der Waals surface area (Å²) in [5.41, 5.74) is 1.89. The molecular formula is C14H18N2O3. The first-order chi connectivity index (χ1) is 9.02. The maximum absolute atomic E-state index is 11.9. The summed E-state index contributed by atoms with van der Waals surface area (Å²) >= 11 is 0. The van der Waals surface area contributed by atoms with Crippen LogP contribution in [0.4, 0.5) is 11.4 Å². The molecule has 5 nitrogen and oxygen atoms in total. The van der Waals surface area contributed by atoms with Gasteiger partial charge < -0.3 is 14.5 Å². The van der Waals surface area contributed by atoms with E-state index in [-0.39, 0.29) is 24.2 Å². The summed E-state index contributed by atoms with van der Waals surface area (Å²) in [4.78, 5) is 27.0. The van der Waals surface area contributed by atoms with Crippen LogP contribution in [0.5, 0.6) is 0 Å². The first-order valence-corrected chi connectivity index (χ1v) is 6.18. The number of nitrogens with zero attached hydrogens (tertiary/aromatic N) is 2. The van der Waals surface area contributed by atoms with Gasteiger partial charge in [0, 0.05) is 38.4 Å². The third-order valence-corrected chi connectivity index (χ3v) is 3.34. The van der Waals surface area contributed by atoms with Gasteiger partial charge in [0.15, 0.2) is 0 Å². The molecule has 5 heteroatoms. The highest BCUT2D eigenvalue weighted by molar-refractivity contribution is 5.99. The molecule has 1 aliphatic rings. The maximum atomic E-state index is 11.9. The fraction of sp³-hybridized carbons (Fsp3) is 0.429. The fourth-order valence-corrected chi connectivity index (χ4v) is 2.21. The number of hydrogen-bond acceptors (Lipinski definition) is 4. The van der Waals surface area contributed by atoms with Crippen LogP contribution < -0.4 is 9.80 Å². The number of carbonyl (C=O) groups is 2. The quantitative estimate of drug-likeness (QED) is 0.770. The van der Waals surface area contributed by atoms with Gasteiger partial charge in [-0.25, -0.2) is 0 Å². The molecule has 2 rings (SSSR count). The predicted molar refractivity (Wildman–Crippen MR) is 73.2 cm³/mol. The molecule has 1 atom stereocenters. The number of esters is 1. The van der Waals surface area contributed by atoms with Crippen molar-refractivity contribution in [2.75, 3.05) is 37.5 Å². The van der Waals surface area contributed by atoms with Gasteiger partial charge in [-0.1, -0.05) is 0 Å². The van der Waals surface area contributed by atoms with Gasteiger partial charge in [0.2, 0.25) is 5.91 Å². The van der Waals surface area contributed by atoms with Gasteiger partial charge in [0.25, 0.3) is 0 Å². The van der Waals surface area contributed by atoms with Crippen molar-refractivity contribution < 1.29 is 14.3 Å². The van der Waals surface area contributed by atoms with Gasteiger partial charge in [-0.3, -0.25) is 9.59 Å². The molecule has 0 bridgehead atoms. The highest BCUT2D eigenvalue weighted by Gasteiger charge is 2.35. The molecule has 19 heavy (non-hydrogen) atoms. The van der Waals surface area contributed by atoms with Crippen LogP contribution in [0.3, 0.4) is 0 Å². The number of benzene rings is 1. The molecule has 0 spiro atoms. The number of amides is 1. The van der Waals surface area contributed by atoms with Crippen molar-refractivity contribution in [3.05, 3.63) is 24.3 Å². The Morgan fingerprint density at radius 2 is 1.95 bits per heavy atom. The number of methoxy groups -OCH3 is 1. The molecular weight excluding hydrogens is 244 g/mol. The summed E-state index contributed by atoms with van der Waals surface area (Å²) in [6.45, 7) is 0.396. The molecule has 0 unspecified atom stereocenters. The molecule has 1 amide bonds. The Balaban J connectivity index is 2.14. The average Bonchev–Trinajstić information content (AvgIpc) is 2.80. The van der Waals surface area contributed by atoms with Crippen molar-refractivity contribution >= 4 is 23.3 Å². The lowest BCUT2D eigenvalue weighted by Crippen LogP contribution is -2.26. The molecule has 1 saturated heterocycles. The zero-order valence-electron chi connectivity index (χ0n) is 11.4. The van der Waals surface area contributed by atoms with Crippen LogP contribution in [0, 0.1) is 5.92 Å². The molecule has 1 heterocycles. The normalized spacial score (nSPS) is 18.6. The Kier molecular flexibility index (Phi) is 3.74. The van der Waals surface area contributed by atoms with E-state index in [2.05, 4.69) is 0 Å². The average molecular weight is 262 g/mol. The van der Waals surface area contributed by atoms with Crippen molar-refractivity contribution in [3.63, 3.8) is 0 Å². The van der Waals surface area contributed by atoms with Crippen molar-refractivity contribution in [3.8, 4) is 0 Å². The summed E-state index contributed by atoms with van der Waals surface area (Å²) in [5, 5.41) is 0. The van der Waals surface area contributed by atoms with E-state index in [4.69, 9.17) is 4.74 Å². The molecule has 0 radical (unpaired) electrons. The Morgan fingerprint density at radius 1 is 1.32 bits per heavy atom. The molecule has 0 aromatic heterocycles. The van der Waals surface area contributed by atoms with Gasteiger partial charge in [0.1, 0.15) is 0 Å². The minimum absolute atomic E-state index is 0.0343. The van der Waals surface area contributed by atoms with E-state index in [1.807, 2.05) is 43.3 Å². The largest absolute Gasteiger partial charge is 0.469 e. The van der Waals surface area contributed by atoms with E-state index in [9.17, 15) is 9.59 Å². The van der Waals surface area contributed by atoms with Gasteiger partial charge in [-0.2, -0.15) is 0 Å². The topological polar surface area (TPSA) is 49.9 Å². The lowest BCUT2D eigenvalue weighted by molar-refractivity contribution is -0.145. The van der Waals surface area contributed by atoms with E-state index in [0.29, 0.717) is 6.54 Å². The van der Waals surface area contributed by atoms with Crippen LogP contribution in [-0.2, 0) is 14.3 Å². The van der Waals surface area contributed by atoms with Crippen LogP contribution in [0.15, 0.2) is 24.3 Å². The predicted octanol–water partition coefficient (Wildman–Crippen LogP) is 1.28. The number of carbonyl (C=O) groups excluding carboxylic acids is 2. The summed E-state index contributed by atoms with van der Waals surface area (Å²) in [5.74, 6) is -0.709. The Labute approximate surface area is 112 Å². The van der Waals surface area contributed by atoms with Gasteiger partial charge in [-0.05, 0) is 24.3 Å². The molecule has 0 N–H and O–H groups in total. The smallest absolute Gasteiger partial charge is 0.311 e. The van der Waals surface area contributed by atoms with Crippen LogP contribution in [0.1, 0.15) is 6.42 Å². The molecule has 1 aromatic rings. The highest BCUT2D eigenvalue weighted by Crippen LogP contribution is 2.27. The van der Waals surface area contributed by atoms with Crippen LogP contribution in [-0.4, -0.2) is 39.6 Å². The first-order valence-electron chi connectivity index (χ1n) is 6.18. The van der Waals surface area contributed by atoms with E-state index in [1.165, 1.54) is 7.11 Å². The summed E-state index contributed by atoms with van der Waals surface area (Å²) in [7, 11) is 5.27. The van der Waals surface area contributed by atoms with Crippen LogP contribution >= 0.6 is 0 Å². The molecule has 0 saturated carbocycles. The lowest BCUT2D eigenvalue weighted by Gasteiger charge is -2.18. The second-order valence-electron chi connectivity index (χ2n) is 4.84. The van der Waals surface area contributed by atoms with E-state index >= 15 is 0 Å².